The first-order valence-electron chi connectivity index (χ1n) is 11.8. The number of rotatable bonds is 3. The maximum atomic E-state index is 13.8. The summed E-state index contributed by atoms with van der Waals surface area (Å²) in [6.07, 6.45) is 7.15. The molecular formula is C26H20Cl2FN7O. The zero-order chi connectivity index (χ0) is 25.5. The van der Waals surface area contributed by atoms with Gasteiger partial charge in [-0.25, -0.2) is 18.9 Å². The van der Waals surface area contributed by atoms with Gasteiger partial charge in [0.2, 0.25) is 11.7 Å². The van der Waals surface area contributed by atoms with Crippen molar-refractivity contribution < 1.29 is 4.39 Å². The largest absolute Gasteiger partial charge is 0.324 e. The molecule has 5 aromatic rings. The molecule has 1 saturated carbocycles. The first-order valence-corrected chi connectivity index (χ1v) is 12.6. The molecule has 1 aliphatic heterocycles. The van der Waals surface area contributed by atoms with Gasteiger partial charge in [-0.05, 0) is 55.3 Å². The fraction of sp³-hybridized carbons (Fsp3) is 0.231. The second kappa shape index (κ2) is 7.98. The summed E-state index contributed by atoms with van der Waals surface area (Å²) >= 11 is 12.6. The SMILES string of the molecule is CN1Cc2cc(Nc3ncc4c(=O)n(-c5c(Cl)cc(F)cc5Cl)c5nccn5c4n3)ccc2C2(CC2)C1. The predicted molar refractivity (Wildman–Crippen MR) is 141 cm³/mol. The molecule has 0 atom stereocenters. The number of anilines is 2. The van der Waals surface area contributed by atoms with Crippen LogP contribution in [0.25, 0.3) is 22.5 Å². The number of imidazole rings is 1. The standard InChI is InChI=1S/C26H20Cl2FN7O/c1-34-12-14-8-16(2-3-18(14)26(13-34)4-5-26)32-24-31-11-17-22(33-24)35-7-6-30-25(35)36(23(17)37)21-19(27)9-15(29)10-20(21)28/h2-3,6-11H,4-5,12-13H2,1H3,(H,31,32,33). The summed E-state index contributed by atoms with van der Waals surface area (Å²) in [6, 6.07) is 8.62. The van der Waals surface area contributed by atoms with Crippen LogP contribution in [0.15, 0.2) is 53.7 Å². The molecule has 37 heavy (non-hydrogen) atoms. The molecule has 2 aromatic carbocycles. The van der Waals surface area contributed by atoms with Gasteiger partial charge in [0.05, 0.1) is 15.7 Å². The number of halogens is 3. The van der Waals surface area contributed by atoms with Gasteiger partial charge in [-0.3, -0.25) is 9.20 Å². The molecule has 0 amide bonds. The normalized spacial score (nSPS) is 16.4. The summed E-state index contributed by atoms with van der Waals surface area (Å²) < 4.78 is 16.7. The van der Waals surface area contributed by atoms with Gasteiger partial charge in [0.25, 0.3) is 5.56 Å². The van der Waals surface area contributed by atoms with E-state index in [1.54, 1.807) is 16.8 Å². The highest BCUT2D eigenvalue weighted by Crippen LogP contribution is 2.52. The van der Waals surface area contributed by atoms with Crippen molar-refractivity contribution in [1.29, 1.82) is 0 Å². The third-order valence-electron chi connectivity index (χ3n) is 7.26. The van der Waals surface area contributed by atoms with Crippen molar-refractivity contribution in [2.24, 2.45) is 0 Å². The molecule has 2 aliphatic rings. The molecule has 1 aliphatic carbocycles. The van der Waals surface area contributed by atoms with E-state index in [0.717, 1.165) is 30.9 Å². The Kier molecular flexibility index (Phi) is 4.89. The smallest absolute Gasteiger partial charge is 0.270 e. The van der Waals surface area contributed by atoms with Crippen LogP contribution in [0.2, 0.25) is 10.0 Å². The third kappa shape index (κ3) is 3.53. The highest BCUT2D eigenvalue weighted by atomic mass is 35.5. The van der Waals surface area contributed by atoms with Crippen LogP contribution in [-0.4, -0.2) is 42.4 Å². The van der Waals surface area contributed by atoms with Crippen LogP contribution in [0.5, 0.6) is 0 Å². The fourth-order valence-corrected chi connectivity index (χ4v) is 6.16. The minimum absolute atomic E-state index is 0.0124. The highest BCUT2D eigenvalue weighted by Gasteiger charge is 2.48. The number of nitrogens with one attached hydrogen (secondary N) is 1. The van der Waals surface area contributed by atoms with Crippen molar-refractivity contribution in [2.45, 2.75) is 24.8 Å². The Balaban J connectivity index is 1.33. The molecule has 11 heteroatoms. The molecule has 4 heterocycles. The molecule has 186 valence electrons. The number of fused-ring (bicyclic) bond motifs is 5. The molecule has 0 saturated heterocycles. The molecule has 1 N–H and O–H groups in total. The maximum absolute atomic E-state index is 13.8. The zero-order valence-electron chi connectivity index (χ0n) is 19.7. The number of hydrogen-bond donors (Lipinski definition) is 1. The summed E-state index contributed by atoms with van der Waals surface area (Å²) in [5.41, 5.74) is 3.98. The Labute approximate surface area is 220 Å². The molecule has 1 fully saturated rings. The predicted octanol–water partition coefficient (Wildman–Crippen LogP) is 5.09. The number of benzene rings is 2. The van der Waals surface area contributed by atoms with Gasteiger partial charge in [0.15, 0.2) is 5.65 Å². The summed E-state index contributed by atoms with van der Waals surface area (Å²) in [4.78, 5) is 29.3. The van der Waals surface area contributed by atoms with E-state index < -0.39 is 11.4 Å². The van der Waals surface area contributed by atoms with E-state index in [-0.39, 0.29) is 26.9 Å². The molecule has 7 rings (SSSR count). The van der Waals surface area contributed by atoms with Crippen LogP contribution in [-0.2, 0) is 12.0 Å². The van der Waals surface area contributed by atoms with Gasteiger partial charge in [-0.1, -0.05) is 29.3 Å². The van der Waals surface area contributed by atoms with E-state index in [4.69, 9.17) is 23.2 Å². The van der Waals surface area contributed by atoms with Gasteiger partial charge >= 0.3 is 0 Å². The van der Waals surface area contributed by atoms with Crippen LogP contribution in [0.1, 0.15) is 24.0 Å². The molecule has 8 nitrogen and oxygen atoms in total. The monoisotopic (exact) mass is 535 g/mol. The fourth-order valence-electron chi connectivity index (χ4n) is 5.53. The lowest BCUT2D eigenvalue weighted by Gasteiger charge is -2.32. The van der Waals surface area contributed by atoms with Gasteiger partial charge in [0, 0.05) is 42.8 Å². The zero-order valence-corrected chi connectivity index (χ0v) is 21.2. The third-order valence-corrected chi connectivity index (χ3v) is 7.83. The minimum atomic E-state index is -0.605. The molecule has 0 unspecified atom stereocenters. The number of likely N-dealkylation sites (N-methyl/N-ethyl adjacent to an activating group) is 1. The van der Waals surface area contributed by atoms with Crippen molar-refractivity contribution >= 4 is 51.6 Å². The maximum Gasteiger partial charge on any atom is 0.270 e. The highest BCUT2D eigenvalue weighted by molar-refractivity contribution is 6.37. The van der Waals surface area contributed by atoms with Crippen molar-refractivity contribution in [2.75, 3.05) is 18.9 Å². The first-order chi connectivity index (χ1) is 17.8. The summed E-state index contributed by atoms with van der Waals surface area (Å²) in [5.74, 6) is -0.0148. The van der Waals surface area contributed by atoms with E-state index in [0.29, 0.717) is 17.0 Å². The average molecular weight is 536 g/mol. The van der Waals surface area contributed by atoms with Gasteiger partial charge in [-0.15, -0.1) is 0 Å². The van der Waals surface area contributed by atoms with Crippen LogP contribution >= 0.6 is 23.2 Å². The lowest BCUT2D eigenvalue weighted by atomic mass is 9.87. The Hall–Kier alpha value is -3.53. The summed E-state index contributed by atoms with van der Waals surface area (Å²) in [7, 11) is 2.16. The quantitative estimate of drug-likeness (QED) is 0.346. The van der Waals surface area contributed by atoms with Crippen molar-refractivity contribution in [3.8, 4) is 5.69 Å². The van der Waals surface area contributed by atoms with Crippen LogP contribution < -0.4 is 10.9 Å². The molecule has 3 aromatic heterocycles. The van der Waals surface area contributed by atoms with Crippen LogP contribution in [0.3, 0.4) is 0 Å². The van der Waals surface area contributed by atoms with E-state index in [1.807, 2.05) is 0 Å². The van der Waals surface area contributed by atoms with Gasteiger partial charge in [0.1, 0.15) is 11.2 Å². The lowest BCUT2D eigenvalue weighted by Crippen LogP contribution is -2.35. The number of hydrogen-bond acceptors (Lipinski definition) is 6. The molecule has 0 bridgehead atoms. The van der Waals surface area contributed by atoms with E-state index in [1.165, 1.54) is 34.7 Å². The van der Waals surface area contributed by atoms with Crippen molar-refractivity contribution in [1.82, 2.24) is 28.8 Å². The number of aromatic nitrogens is 5. The Morgan fingerprint density at radius 2 is 1.89 bits per heavy atom. The van der Waals surface area contributed by atoms with Gasteiger partial charge < -0.3 is 10.2 Å². The van der Waals surface area contributed by atoms with E-state index in [2.05, 4.69) is 50.4 Å². The second-order valence-corrected chi connectivity index (χ2v) is 10.7. The second-order valence-electron chi connectivity index (χ2n) is 9.84. The van der Waals surface area contributed by atoms with Crippen LogP contribution in [0.4, 0.5) is 16.0 Å². The Bertz CT molecular complexity index is 1790. The summed E-state index contributed by atoms with van der Waals surface area (Å²) in [6.45, 7) is 2.00. The summed E-state index contributed by atoms with van der Waals surface area (Å²) in [5, 5.41) is 3.50. The number of nitrogens with zero attached hydrogens (tertiary/aromatic N) is 6. The molecule has 1 spiro atoms. The minimum Gasteiger partial charge on any atom is -0.324 e. The molecular weight excluding hydrogens is 516 g/mol. The van der Waals surface area contributed by atoms with Gasteiger partial charge in [-0.2, -0.15) is 4.98 Å². The Morgan fingerprint density at radius 1 is 1.11 bits per heavy atom. The average Bonchev–Trinajstić information content (AvgIpc) is 3.42. The lowest BCUT2D eigenvalue weighted by molar-refractivity contribution is 0.271. The van der Waals surface area contributed by atoms with E-state index >= 15 is 0 Å². The topological polar surface area (TPSA) is 80.4 Å². The van der Waals surface area contributed by atoms with Crippen molar-refractivity contribution in [3.63, 3.8) is 0 Å². The Morgan fingerprint density at radius 3 is 2.65 bits per heavy atom. The molecule has 0 radical (unpaired) electrons. The van der Waals surface area contributed by atoms with E-state index in [9.17, 15) is 9.18 Å². The van der Waals surface area contributed by atoms with Crippen LogP contribution in [0, 0.1) is 5.82 Å². The van der Waals surface area contributed by atoms with Crippen molar-refractivity contribution in [3.05, 3.63) is 86.3 Å². The first kappa shape index (κ1) is 22.7.